The van der Waals surface area contributed by atoms with Crippen LogP contribution in [0.4, 0.5) is 4.39 Å². The van der Waals surface area contributed by atoms with E-state index in [2.05, 4.69) is 12.2 Å². The number of benzene rings is 1. The second-order valence-corrected chi connectivity index (χ2v) is 5.27. The summed E-state index contributed by atoms with van der Waals surface area (Å²) in [6.45, 7) is 3.12. The summed E-state index contributed by atoms with van der Waals surface area (Å²) >= 11 is 5.71. The van der Waals surface area contributed by atoms with Crippen molar-refractivity contribution in [2.24, 2.45) is 5.92 Å². The lowest BCUT2D eigenvalue weighted by atomic mass is 10.0. The molecule has 1 fully saturated rings. The second kappa shape index (κ2) is 5.83. The Morgan fingerprint density at radius 3 is 2.82 bits per heavy atom. The molecule has 0 heterocycles. The summed E-state index contributed by atoms with van der Waals surface area (Å²) in [4.78, 5) is 0. The van der Waals surface area contributed by atoms with Gasteiger partial charge in [0.2, 0.25) is 0 Å². The molecule has 0 amide bonds. The summed E-state index contributed by atoms with van der Waals surface area (Å²) in [5.74, 6) is 0.506. The number of nitrogens with one attached hydrogen (secondary N) is 1. The van der Waals surface area contributed by atoms with E-state index in [1.807, 2.05) is 6.07 Å². The lowest BCUT2D eigenvalue weighted by molar-refractivity contribution is 0.471. The summed E-state index contributed by atoms with van der Waals surface area (Å²) in [5.41, 5.74) is 1.02. The van der Waals surface area contributed by atoms with Gasteiger partial charge in [-0.2, -0.15) is 0 Å². The molecule has 0 spiro atoms. The third-order valence-corrected chi connectivity index (χ3v) is 3.56. The molecule has 0 bridgehead atoms. The molecule has 17 heavy (non-hydrogen) atoms. The monoisotopic (exact) mass is 255 g/mol. The standard InChI is InChI=1S/C14H19ClFN/c1-2-7-17-14(8-10-3-4-10)11-5-6-12(15)13(16)9-11/h5-6,9-10,14,17H,2-4,7-8H2,1H3. The molecule has 1 saturated carbocycles. The summed E-state index contributed by atoms with van der Waals surface area (Å²) in [7, 11) is 0. The lowest BCUT2D eigenvalue weighted by Crippen LogP contribution is -2.22. The third kappa shape index (κ3) is 3.68. The van der Waals surface area contributed by atoms with Gasteiger partial charge in [-0.1, -0.05) is 37.4 Å². The van der Waals surface area contributed by atoms with E-state index < -0.39 is 0 Å². The highest BCUT2D eigenvalue weighted by atomic mass is 35.5. The molecule has 1 unspecified atom stereocenters. The smallest absolute Gasteiger partial charge is 0.142 e. The maximum absolute atomic E-state index is 13.5. The highest BCUT2D eigenvalue weighted by Gasteiger charge is 2.26. The van der Waals surface area contributed by atoms with Crippen molar-refractivity contribution in [3.05, 3.63) is 34.6 Å². The normalized spacial score (nSPS) is 17.1. The number of hydrogen-bond acceptors (Lipinski definition) is 1. The van der Waals surface area contributed by atoms with Crippen LogP contribution in [0.3, 0.4) is 0 Å². The molecule has 1 aromatic carbocycles. The fraction of sp³-hybridized carbons (Fsp3) is 0.571. The molecule has 1 aromatic rings. The van der Waals surface area contributed by atoms with Gasteiger partial charge < -0.3 is 5.32 Å². The molecule has 3 heteroatoms. The summed E-state index contributed by atoms with van der Waals surface area (Å²) in [6.07, 6.45) is 4.85. The minimum atomic E-state index is -0.316. The molecule has 0 aromatic heterocycles. The zero-order chi connectivity index (χ0) is 12.3. The van der Waals surface area contributed by atoms with Crippen LogP contribution in [0.2, 0.25) is 5.02 Å². The lowest BCUT2D eigenvalue weighted by Gasteiger charge is -2.19. The quantitative estimate of drug-likeness (QED) is 0.798. The first-order chi connectivity index (χ1) is 8.20. The van der Waals surface area contributed by atoms with Gasteiger partial charge in [-0.3, -0.25) is 0 Å². The van der Waals surface area contributed by atoms with Crippen LogP contribution < -0.4 is 5.32 Å². The first kappa shape index (κ1) is 12.8. The molecule has 2 rings (SSSR count). The highest BCUT2D eigenvalue weighted by molar-refractivity contribution is 6.30. The van der Waals surface area contributed by atoms with Crippen molar-refractivity contribution in [3.8, 4) is 0 Å². The van der Waals surface area contributed by atoms with E-state index in [-0.39, 0.29) is 16.9 Å². The first-order valence-corrected chi connectivity index (χ1v) is 6.76. The van der Waals surface area contributed by atoms with Crippen LogP contribution >= 0.6 is 11.6 Å². The Hall–Kier alpha value is -0.600. The van der Waals surface area contributed by atoms with Gasteiger partial charge in [-0.15, -0.1) is 0 Å². The number of halogens is 2. The van der Waals surface area contributed by atoms with Gasteiger partial charge in [0.1, 0.15) is 5.82 Å². The summed E-state index contributed by atoms with van der Waals surface area (Å²) in [6, 6.07) is 5.42. The molecule has 0 radical (unpaired) electrons. The molecular formula is C14H19ClFN. The van der Waals surface area contributed by atoms with Gasteiger partial charge in [0.25, 0.3) is 0 Å². The Balaban J connectivity index is 2.08. The van der Waals surface area contributed by atoms with E-state index in [1.165, 1.54) is 12.8 Å². The Kier molecular flexibility index (Phi) is 4.41. The first-order valence-electron chi connectivity index (χ1n) is 6.39. The predicted octanol–water partition coefficient (Wildman–Crippen LogP) is 4.32. The van der Waals surface area contributed by atoms with Crippen LogP contribution in [-0.2, 0) is 0 Å². The molecule has 1 aliphatic rings. The fourth-order valence-electron chi connectivity index (χ4n) is 2.07. The Bertz CT molecular complexity index is 376. The highest BCUT2D eigenvalue weighted by Crippen LogP contribution is 2.38. The van der Waals surface area contributed by atoms with Crippen molar-refractivity contribution in [1.29, 1.82) is 0 Å². The Morgan fingerprint density at radius 2 is 2.24 bits per heavy atom. The second-order valence-electron chi connectivity index (χ2n) is 4.86. The zero-order valence-corrected chi connectivity index (χ0v) is 10.9. The fourth-order valence-corrected chi connectivity index (χ4v) is 2.19. The van der Waals surface area contributed by atoms with Gasteiger partial charge >= 0.3 is 0 Å². The van der Waals surface area contributed by atoms with Crippen molar-refractivity contribution < 1.29 is 4.39 Å². The molecule has 1 aliphatic carbocycles. The molecule has 1 atom stereocenters. The molecule has 0 saturated heterocycles. The third-order valence-electron chi connectivity index (χ3n) is 3.25. The van der Waals surface area contributed by atoms with Gasteiger partial charge in [0.05, 0.1) is 5.02 Å². The van der Waals surface area contributed by atoms with E-state index in [0.29, 0.717) is 0 Å². The molecule has 1 nitrogen and oxygen atoms in total. The van der Waals surface area contributed by atoms with E-state index in [4.69, 9.17) is 11.6 Å². The van der Waals surface area contributed by atoms with E-state index in [0.717, 1.165) is 30.9 Å². The molecule has 1 N–H and O–H groups in total. The average Bonchev–Trinajstić information content (AvgIpc) is 3.12. The van der Waals surface area contributed by atoms with Gasteiger partial charge in [0, 0.05) is 6.04 Å². The van der Waals surface area contributed by atoms with Crippen molar-refractivity contribution in [2.75, 3.05) is 6.54 Å². The van der Waals surface area contributed by atoms with Crippen molar-refractivity contribution in [2.45, 2.75) is 38.6 Å². The number of hydrogen-bond donors (Lipinski definition) is 1. The van der Waals surface area contributed by atoms with Gasteiger partial charge in [-0.25, -0.2) is 4.39 Å². The van der Waals surface area contributed by atoms with Crippen LogP contribution in [0, 0.1) is 11.7 Å². The Morgan fingerprint density at radius 1 is 1.47 bits per heavy atom. The van der Waals surface area contributed by atoms with Gasteiger partial charge in [0.15, 0.2) is 0 Å². The van der Waals surface area contributed by atoms with Crippen molar-refractivity contribution in [3.63, 3.8) is 0 Å². The van der Waals surface area contributed by atoms with E-state index >= 15 is 0 Å². The van der Waals surface area contributed by atoms with Crippen LogP contribution in [0.15, 0.2) is 18.2 Å². The zero-order valence-electron chi connectivity index (χ0n) is 10.2. The summed E-state index contributed by atoms with van der Waals surface area (Å²) in [5, 5.41) is 3.70. The predicted molar refractivity (Wildman–Crippen MR) is 69.8 cm³/mol. The maximum atomic E-state index is 13.5. The molecule has 94 valence electrons. The Labute approximate surface area is 107 Å². The van der Waals surface area contributed by atoms with Crippen LogP contribution in [-0.4, -0.2) is 6.54 Å². The molecular weight excluding hydrogens is 237 g/mol. The van der Waals surface area contributed by atoms with E-state index in [9.17, 15) is 4.39 Å². The van der Waals surface area contributed by atoms with Crippen LogP contribution in [0.1, 0.15) is 44.2 Å². The van der Waals surface area contributed by atoms with E-state index in [1.54, 1.807) is 12.1 Å². The average molecular weight is 256 g/mol. The largest absolute Gasteiger partial charge is 0.310 e. The van der Waals surface area contributed by atoms with Gasteiger partial charge in [-0.05, 0) is 43.0 Å². The minimum absolute atomic E-state index is 0.203. The maximum Gasteiger partial charge on any atom is 0.142 e. The van der Waals surface area contributed by atoms with Crippen molar-refractivity contribution in [1.82, 2.24) is 5.32 Å². The topological polar surface area (TPSA) is 12.0 Å². The summed E-state index contributed by atoms with van der Waals surface area (Å²) < 4.78 is 13.5. The van der Waals surface area contributed by atoms with Crippen LogP contribution in [0.5, 0.6) is 0 Å². The number of rotatable bonds is 6. The minimum Gasteiger partial charge on any atom is -0.310 e. The van der Waals surface area contributed by atoms with Crippen molar-refractivity contribution >= 4 is 11.6 Å². The molecule has 0 aliphatic heterocycles. The SMILES string of the molecule is CCCNC(CC1CC1)c1ccc(Cl)c(F)c1. The van der Waals surface area contributed by atoms with Crippen LogP contribution in [0.25, 0.3) is 0 Å².